The molecular weight excluding hydrogens is 1810 g/mol. The summed E-state index contributed by atoms with van der Waals surface area (Å²) in [4.78, 5) is 25.1. The predicted molar refractivity (Wildman–Crippen MR) is 566 cm³/mol. The molecule has 0 bridgehead atoms. The van der Waals surface area contributed by atoms with Crippen molar-refractivity contribution in [3.63, 3.8) is 0 Å². The van der Waals surface area contributed by atoms with Crippen molar-refractivity contribution >= 4 is 131 Å². The Morgan fingerprint density at radius 2 is 0.414 bits per heavy atom. The summed E-state index contributed by atoms with van der Waals surface area (Å²) < 4.78 is 0. The standard InChI is InChI=1S/C23H15N3.4C18H15P.C16H11ClN2.C7H6BNO2.Pd/c1-24-20-14-8-13-19(15-20)21-16-25-22(17-9-4-2-5-10-17)23(26-21)18-11-6-3-7-12-18;4*1-4-10-16(11-5-1)19(17-12-6-2-7-13-17)18-14-8-3-9-15-18;17-14-11-18-15(12-7-3-1-4-8-12)16(19-14)13-9-5-2-6-10-13;1-9-7-4-2-3-6(5-7)8(10)11;/h2-16H;4*1-15H;1-11H;2-5,10-11H;. The molecule has 18 aromatic carbocycles. The fraction of sp³-hybridized carbons (Fsp3) is 0. The van der Waals surface area contributed by atoms with Crippen LogP contribution in [0.25, 0.3) is 66.0 Å². The zero-order valence-electron chi connectivity index (χ0n) is 72.6. The van der Waals surface area contributed by atoms with Crippen LogP contribution in [0, 0.1) is 13.1 Å². The van der Waals surface area contributed by atoms with Crippen LogP contribution >= 0.6 is 43.3 Å². The van der Waals surface area contributed by atoms with E-state index in [1.54, 1.807) is 36.7 Å². The zero-order valence-corrected chi connectivity index (χ0v) is 78.5. The van der Waals surface area contributed by atoms with E-state index in [-0.39, 0.29) is 20.4 Å². The third-order valence-electron chi connectivity index (χ3n) is 20.4. The van der Waals surface area contributed by atoms with Crippen LogP contribution in [0.4, 0.5) is 11.4 Å². The molecule has 2 N–H and O–H groups in total. The van der Waals surface area contributed by atoms with Crippen molar-refractivity contribution in [1.29, 1.82) is 0 Å². The first-order chi connectivity index (χ1) is 65.2. The van der Waals surface area contributed by atoms with Crippen LogP contribution in [0.2, 0.25) is 5.15 Å². The number of hydrogen-bond acceptors (Lipinski definition) is 6. The molecule has 0 aliphatic carbocycles. The minimum atomic E-state index is -1.49. The molecule has 0 radical (unpaired) electrons. The molecule has 20 aromatic rings. The molecule has 8 nitrogen and oxygen atoms in total. The second-order valence-corrected chi connectivity index (χ2v) is 38.7. The van der Waals surface area contributed by atoms with Gasteiger partial charge in [0.25, 0.3) is 0 Å². The molecule has 0 atom stereocenters. The van der Waals surface area contributed by atoms with Crippen molar-refractivity contribution in [2.75, 3.05) is 0 Å². The van der Waals surface area contributed by atoms with Gasteiger partial charge in [-0.05, 0) is 112 Å². The van der Waals surface area contributed by atoms with Crippen molar-refractivity contribution in [2.45, 2.75) is 0 Å². The second kappa shape index (κ2) is 52.6. The molecule has 646 valence electrons. The molecule has 0 aliphatic heterocycles. The van der Waals surface area contributed by atoms with Gasteiger partial charge in [-0.3, -0.25) is 9.97 Å². The number of rotatable bonds is 18. The normalized spacial score (nSPS) is 10.3. The Hall–Kier alpha value is -14.2. The maximum atomic E-state index is 8.70. The summed E-state index contributed by atoms with van der Waals surface area (Å²) in [5, 5.41) is 34.6. The maximum Gasteiger partial charge on any atom is 0.487 e. The van der Waals surface area contributed by atoms with E-state index in [0.717, 1.165) is 56.3 Å². The van der Waals surface area contributed by atoms with Crippen LogP contribution in [0.3, 0.4) is 0 Å². The van der Waals surface area contributed by atoms with E-state index >= 15 is 0 Å². The fourth-order valence-electron chi connectivity index (χ4n) is 14.3. The Morgan fingerprint density at radius 1 is 0.218 bits per heavy atom. The average molecular weight is 1900 g/mol. The quantitative estimate of drug-likeness (QED) is 0.0504. The molecule has 0 amide bonds. The third kappa shape index (κ3) is 28.4. The Bertz CT molecular complexity index is 6020. The fourth-order valence-corrected chi connectivity index (χ4v) is 23.7. The molecule has 15 heteroatoms. The van der Waals surface area contributed by atoms with Gasteiger partial charge in [0.2, 0.25) is 0 Å². The van der Waals surface area contributed by atoms with Crippen LogP contribution in [-0.4, -0.2) is 37.1 Å². The van der Waals surface area contributed by atoms with Gasteiger partial charge in [-0.15, -0.1) is 0 Å². The topological polar surface area (TPSA) is 101 Å². The predicted octanol–water partition coefficient (Wildman–Crippen LogP) is 24.2. The number of hydrogen-bond donors (Lipinski definition) is 2. The van der Waals surface area contributed by atoms with E-state index in [4.69, 9.17) is 44.8 Å². The van der Waals surface area contributed by atoms with Crippen molar-refractivity contribution in [3.05, 3.63) is 574 Å². The monoisotopic (exact) mass is 1900 g/mol. The van der Waals surface area contributed by atoms with Gasteiger partial charge in [-0.25, -0.2) is 19.7 Å². The van der Waals surface area contributed by atoms with Gasteiger partial charge < -0.3 is 10.0 Å². The molecule has 133 heavy (non-hydrogen) atoms. The largest absolute Gasteiger partial charge is 0.487 e. The molecule has 0 aliphatic rings. The zero-order chi connectivity index (χ0) is 90.8. The van der Waals surface area contributed by atoms with E-state index < -0.39 is 38.8 Å². The van der Waals surface area contributed by atoms with Crippen LogP contribution in [-0.2, 0) is 20.4 Å². The Labute approximate surface area is 805 Å². The Morgan fingerprint density at radius 3 is 0.647 bits per heavy atom. The van der Waals surface area contributed by atoms with Gasteiger partial charge in [-0.2, -0.15) is 0 Å². The van der Waals surface area contributed by atoms with Gasteiger partial charge in [0.1, 0.15) is 5.15 Å². The van der Waals surface area contributed by atoms with Crippen LogP contribution in [0.15, 0.2) is 546 Å². The molecular formula is C118H92BClN6O2P4Pd. The SMILES string of the molecule is Clc1cnc(-c2ccccc2)c(-c2ccccc2)n1.[C-]#[N+]c1cccc(-c2cnc(-c3ccccc3)c(-c3ccccc3)n2)c1.[C-]#[N+]c1cccc(B(O)O)c1.[Pd].c1ccc(P(c2ccccc2)c2ccccc2)cc1.c1ccc(P(c2ccccc2)c2ccccc2)cc1.c1ccc(P(c2ccccc2)c2ccccc2)cc1.c1ccc(P(c2ccccc2)c2ccccc2)cc1. The summed E-state index contributed by atoms with van der Waals surface area (Å²) >= 11 is 5.98. The summed E-state index contributed by atoms with van der Waals surface area (Å²) in [5.74, 6) is 0. The molecule has 0 spiro atoms. The van der Waals surface area contributed by atoms with Crippen LogP contribution < -0.4 is 69.1 Å². The van der Waals surface area contributed by atoms with E-state index in [0.29, 0.717) is 22.0 Å². The van der Waals surface area contributed by atoms with E-state index in [1.165, 1.54) is 69.7 Å². The minimum Gasteiger partial charge on any atom is -0.423 e. The number of halogens is 1. The third-order valence-corrected chi connectivity index (χ3v) is 30.4. The van der Waals surface area contributed by atoms with Crippen molar-refractivity contribution < 1.29 is 30.5 Å². The minimum absolute atomic E-state index is 0. The van der Waals surface area contributed by atoms with E-state index in [2.05, 4.69) is 384 Å². The maximum absolute atomic E-state index is 8.70. The van der Waals surface area contributed by atoms with Gasteiger partial charge >= 0.3 is 7.12 Å². The Balaban J connectivity index is 0.000000133. The molecule has 2 aromatic heterocycles. The first-order valence-electron chi connectivity index (χ1n) is 43.0. The van der Waals surface area contributed by atoms with Crippen LogP contribution in [0.5, 0.6) is 0 Å². The first kappa shape index (κ1) is 96.3. The summed E-state index contributed by atoms with van der Waals surface area (Å²) in [6, 6.07) is 183. The Kier molecular flexibility index (Phi) is 38.1. The number of nitrogens with zero attached hydrogens (tertiary/aromatic N) is 6. The van der Waals surface area contributed by atoms with Crippen LogP contribution in [0.1, 0.15) is 0 Å². The summed E-state index contributed by atoms with van der Waals surface area (Å²) in [6.07, 6.45) is 3.36. The molecule has 0 unspecified atom stereocenters. The van der Waals surface area contributed by atoms with E-state index in [1.807, 2.05) is 140 Å². The first-order valence-corrected chi connectivity index (χ1v) is 48.7. The summed E-state index contributed by atoms with van der Waals surface area (Å²) in [6.45, 7) is 13.9. The van der Waals surface area contributed by atoms with Crippen molar-refractivity contribution in [3.8, 4) is 56.3 Å². The molecule has 0 saturated carbocycles. The summed E-state index contributed by atoms with van der Waals surface area (Å²) in [7, 11) is -3.27. The average Bonchev–Trinajstić information content (AvgIpc) is 0.794. The smallest absolute Gasteiger partial charge is 0.423 e. The molecule has 0 fully saturated rings. The van der Waals surface area contributed by atoms with Crippen molar-refractivity contribution in [2.24, 2.45) is 0 Å². The number of aromatic nitrogens is 4. The van der Waals surface area contributed by atoms with Crippen molar-refractivity contribution in [1.82, 2.24) is 19.9 Å². The van der Waals surface area contributed by atoms with Gasteiger partial charge in [0.15, 0.2) is 11.4 Å². The van der Waals surface area contributed by atoms with Gasteiger partial charge in [-0.1, -0.05) is 539 Å². The molecule has 0 saturated heterocycles. The van der Waals surface area contributed by atoms with E-state index in [9.17, 15) is 0 Å². The molecule has 20 rings (SSSR count). The van der Waals surface area contributed by atoms with Gasteiger partial charge in [0, 0.05) is 42.7 Å². The van der Waals surface area contributed by atoms with Gasteiger partial charge in [0.05, 0.1) is 54.0 Å². The number of benzene rings is 18. The second-order valence-electron chi connectivity index (χ2n) is 29.4. The summed E-state index contributed by atoms with van der Waals surface area (Å²) in [5.41, 5.74) is 10.4. The molecule has 2 heterocycles.